The molecule has 0 aromatic heterocycles. The molecule has 0 aromatic rings. The smallest absolute Gasteiger partial charge is 0.306 e. The fraction of sp³-hybridized carbons (Fsp3) is 0.776. The van der Waals surface area contributed by atoms with E-state index in [-0.39, 0.29) is 31.1 Å². The second-order valence-electron chi connectivity index (χ2n) is 23.8. The summed E-state index contributed by atoms with van der Waals surface area (Å²) >= 11 is 0. The standard InChI is InChI=1S/C76H134O6/c1-4-7-10-13-16-19-22-25-28-31-32-33-34-35-36-37-38-39-40-41-42-43-44-46-48-51-54-57-60-63-66-69-75(78)81-72-73(71-80-74(77)68-65-62-59-56-53-50-47-30-27-24-21-18-15-12-9-6-3)82-76(79)70-67-64-61-58-55-52-49-45-29-26-23-20-17-14-11-8-5-2/h8,11,17,20,22,25-26,29,31-32,34-35,49,52,73H,4-7,9-10,12-16,18-19,21,23-24,27-28,30,33,36-48,50-51,53-72H2,1-3H3/b11-8-,20-17-,25-22-,29-26-,32-31-,35-34-,52-49-. The maximum absolute atomic E-state index is 12.9. The van der Waals surface area contributed by atoms with Crippen LogP contribution in [0, 0.1) is 0 Å². The van der Waals surface area contributed by atoms with Crippen LogP contribution in [0.3, 0.4) is 0 Å². The molecule has 1 unspecified atom stereocenters. The van der Waals surface area contributed by atoms with Gasteiger partial charge >= 0.3 is 17.9 Å². The number of hydrogen-bond donors (Lipinski definition) is 0. The van der Waals surface area contributed by atoms with Crippen molar-refractivity contribution in [2.24, 2.45) is 0 Å². The molecule has 474 valence electrons. The summed E-state index contributed by atoms with van der Waals surface area (Å²) in [5.41, 5.74) is 0. The number of rotatable bonds is 65. The first-order valence-electron chi connectivity index (χ1n) is 35.6. The molecule has 0 spiro atoms. The lowest BCUT2D eigenvalue weighted by atomic mass is 10.0. The van der Waals surface area contributed by atoms with Gasteiger partial charge in [-0.25, -0.2) is 0 Å². The molecule has 0 N–H and O–H groups in total. The van der Waals surface area contributed by atoms with E-state index in [0.717, 1.165) is 109 Å². The zero-order valence-corrected chi connectivity index (χ0v) is 54.5. The van der Waals surface area contributed by atoms with Gasteiger partial charge in [-0.1, -0.05) is 331 Å². The average Bonchev–Trinajstić information content (AvgIpc) is 3.47. The van der Waals surface area contributed by atoms with E-state index in [0.29, 0.717) is 19.3 Å². The normalized spacial score (nSPS) is 12.6. The largest absolute Gasteiger partial charge is 0.462 e. The van der Waals surface area contributed by atoms with E-state index in [1.54, 1.807) is 0 Å². The van der Waals surface area contributed by atoms with Gasteiger partial charge in [0.2, 0.25) is 0 Å². The zero-order valence-electron chi connectivity index (χ0n) is 54.5. The minimum Gasteiger partial charge on any atom is -0.462 e. The molecule has 6 heteroatoms. The molecule has 82 heavy (non-hydrogen) atoms. The van der Waals surface area contributed by atoms with Crippen LogP contribution in [0.25, 0.3) is 0 Å². The molecule has 0 aromatic carbocycles. The highest BCUT2D eigenvalue weighted by Crippen LogP contribution is 2.18. The van der Waals surface area contributed by atoms with Gasteiger partial charge in [0.1, 0.15) is 13.2 Å². The molecule has 0 aliphatic heterocycles. The Labute approximate surface area is 509 Å². The van der Waals surface area contributed by atoms with Crippen molar-refractivity contribution in [1.82, 2.24) is 0 Å². The summed E-state index contributed by atoms with van der Waals surface area (Å²) in [6.07, 6.45) is 93.3. The van der Waals surface area contributed by atoms with Crippen LogP contribution < -0.4 is 0 Å². The SMILES string of the molecule is CC/C=C\C/C=C\C/C=C\C/C=C\CCCCCCC(=O)OC(COC(=O)CCCCCCCCCCCCCCCCCC)COC(=O)CCCCCCCCCCCCCCCCCC/C=C\C/C=C\C/C=C\CCCCCCC. The van der Waals surface area contributed by atoms with Crippen LogP contribution in [0.1, 0.15) is 361 Å². The lowest BCUT2D eigenvalue weighted by Gasteiger charge is -2.18. The third-order valence-corrected chi connectivity index (χ3v) is 15.6. The van der Waals surface area contributed by atoms with Gasteiger partial charge < -0.3 is 14.2 Å². The van der Waals surface area contributed by atoms with E-state index >= 15 is 0 Å². The Morgan fingerprint density at radius 1 is 0.256 bits per heavy atom. The summed E-state index contributed by atoms with van der Waals surface area (Å²) in [6, 6.07) is 0. The Hall–Kier alpha value is -3.41. The van der Waals surface area contributed by atoms with Crippen molar-refractivity contribution in [3.8, 4) is 0 Å². The first kappa shape index (κ1) is 78.6. The van der Waals surface area contributed by atoms with Crippen LogP contribution in [0.5, 0.6) is 0 Å². The van der Waals surface area contributed by atoms with Crippen LogP contribution in [-0.2, 0) is 28.6 Å². The molecule has 1 atom stereocenters. The number of carbonyl (C=O) groups excluding carboxylic acids is 3. The van der Waals surface area contributed by atoms with Gasteiger partial charge in [0, 0.05) is 19.3 Å². The maximum atomic E-state index is 12.9. The van der Waals surface area contributed by atoms with Crippen LogP contribution in [0.4, 0.5) is 0 Å². The Bertz CT molecular complexity index is 1550. The predicted molar refractivity (Wildman–Crippen MR) is 358 cm³/mol. The number of ether oxygens (including phenoxy) is 3. The van der Waals surface area contributed by atoms with Gasteiger partial charge in [-0.2, -0.15) is 0 Å². The van der Waals surface area contributed by atoms with Crippen molar-refractivity contribution in [2.45, 2.75) is 367 Å². The van der Waals surface area contributed by atoms with Gasteiger partial charge in [0.25, 0.3) is 0 Å². The molecular formula is C76H134O6. The van der Waals surface area contributed by atoms with Gasteiger partial charge in [-0.15, -0.1) is 0 Å². The number of esters is 3. The van der Waals surface area contributed by atoms with Crippen LogP contribution in [0.15, 0.2) is 85.1 Å². The van der Waals surface area contributed by atoms with Gasteiger partial charge in [-0.05, 0) is 96.3 Å². The molecule has 0 aliphatic carbocycles. The van der Waals surface area contributed by atoms with Gasteiger partial charge in [0.05, 0.1) is 0 Å². The topological polar surface area (TPSA) is 78.9 Å². The monoisotopic (exact) mass is 1140 g/mol. The molecule has 6 nitrogen and oxygen atoms in total. The van der Waals surface area contributed by atoms with Gasteiger partial charge in [0.15, 0.2) is 6.10 Å². The van der Waals surface area contributed by atoms with Crippen molar-refractivity contribution < 1.29 is 28.6 Å². The average molecular weight is 1140 g/mol. The molecule has 0 radical (unpaired) electrons. The molecule has 0 fully saturated rings. The summed E-state index contributed by atoms with van der Waals surface area (Å²) in [6.45, 7) is 6.55. The molecule has 0 aliphatic rings. The van der Waals surface area contributed by atoms with Crippen molar-refractivity contribution in [3.05, 3.63) is 85.1 Å². The van der Waals surface area contributed by atoms with Crippen molar-refractivity contribution in [2.75, 3.05) is 13.2 Å². The summed E-state index contributed by atoms with van der Waals surface area (Å²) in [5, 5.41) is 0. The van der Waals surface area contributed by atoms with E-state index in [2.05, 4.69) is 106 Å². The lowest BCUT2D eigenvalue weighted by molar-refractivity contribution is -0.167. The van der Waals surface area contributed by atoms with Crippen LogP contribution in [-0.4, -0.2) is 37.2 Å². The highest BCUT2D eigenvalue weighted by molar-refractivity contribution is 5.71. The summed E-state index contributed by atoms with van der Waals surface area (Å²) < 4.78 is 17.0. The van der Waals surface area contributed by atoms with E-state index in [1.807, 2.05) is 0 Å². The lowest BCUT2D eigenvalue weighted by Crippen LogP contribution is -2.30. The van der Waals surface area contributed by atoms with E-state index in [4.69, 9.17) is 14.2 Å². The summed E-state index contributed by atoms with van der Waals surface area (Å²) in [7, 11) is 0. The Morgan fingerprint density at radius 3 is 0.744 bits per heavy atom. The van der Waals surface area contributed by atoms with Crippen molar-refractivity contribution >= 4 is 17.9 Å². The number of allylic oxidation sites excluding steroid dienone is 14. The minimum absolute atomic E-state index is 0.0822. The Kier molecular flexibility index (Phi) is 67.2. The van der Waals surface area contributed by atoms with Crippen LogP contribution >= 0.6 is 0 Å². The molecule has 0 heterocycles. The molecule has 0 amide bonds. The highest BCUT2D eigenvalue weighted by Gasteiger charge is 2.19. The predicted octanol–water partition coefficient (Wildman–Crippen LogP) is 24.6. The molecule has 0 rings (SSSR count). The number of unbranched alkanes of at least 4 members (excludes halogenated alkanes) is 40. The van der Waals surface area contributed by atoms with Crippen LogP contribution in [0.2, 0.25) is 0 Å². The maximum Gasteiger partial charge on any atom is 0.306 e. The Balaban J connectivity index is 4.25. The number of hydrogen-bond acceptors (Lipinski definition) is 6. The van der Waals surface area contributed by atoms with Crippen molar-refractivity contribution in [1.29, 1.82) is 0 Å². The fourth-order valence-corrected chi connectivity index (χ4v) is 10.3. The van der Waals surface area contributed by atoms with E-state index in [9.17, 15) is 14.4 Å². The number of carbonyl (C=O) groups is 3. The summed E-state index contributed by atoms with van der Waals surface area (Å²) in [4.78, 5) is 38.4. The van der Waals surface area contributed by atoms with E-state index < -0.39 is 6.10 Å². The molecule has 0 saturated heterocycles. The minimum atomic E-state index is -0.789. The molecule has 0 bridgehead atoms. The third kappa shape index (κ3) is 67.4. The fourth-order valence-electron chi connectivity index (χ4n) is 10.3. The first-order valence-corrected chi connectivity index (χ1v) is 35.6. The molecule has 0 saturated carbocycles. The van der Waals surface area contributed by atoms with E-state index in [1.165, 1.54) is 212 Å². The molecular weight excluding hydrogens is 1010 g/mol. The summed E-state index contributed by atoms with van der Waals surface area (Å²) in [5.74, 6) is -0.887. The second-order valence-corrected chi connectivity index (χ2v) is 23.8. The second kappa shape index (κ2) is 70.1. The Morgan fingerprint density at radius 2 is 0.476 bits per heavy atom. The highest BCUT2D eigenvalue weighted by atomic mass is 16.6. The van der Waals surface area contributed by atoms with Crippen molar-refractivity contribution in [3.63, 3.8) is 0 Å². The first-order chi connectivity index (χ1) is 40.5. The quantitative estimate of drug-likeness (QED) is 0.0261. The van der Waals surface area contributed by atoms with Gasteiger partial charge in [-0.3, -0.25) is 14.4 Å². The zero-order chi connectivity index (χ0) is 59.2. The third-order valence-electron chi connectivity index (χ3n) is 15.6.